The summed E-state index contributed by atoms with van der Waals surface area (Å²) in [7, 11) is 0. The first-order valence-corrected chi connectivity index (χ1v) is 7.62. The van der Waals surface area contributed by atoms with Gasteiger partial charge < -0.3 is 10.0 Å². The van der Waals surface area contributed by atoms with Crippen molar-refractivity contribution < 1.29 is 19.1 Å². The summed E-state index contributed by atoms with van der Waals surface area (Å²) in [5.74, 6) is -1.38. The Labute approximate surface area is 138 Å². The van der Waals surface area contributed by atoms with Crippen LogP contribution in [0.5, 0.6) is 0 Å². The van der Waals surface area contributed by atoms with Crippen LogP contribution in [0.4, 0.5) is 4.39 Å². The van der Waals surface area contributed by atoms with Gasteiger partial charge in [-0.05, 0) is 36.5 Å². The van der Waals surface area contributed by atoms with Crippen LogP contribution in [0.1, 0.15) is 33.0 Å². The molecule has 0 aliphatic carbocycles. The number of carbonyl (C=O) groups is 2. The second-order valence-corrected chi connectivity index (χ2v) is 5.83. The normalized spacial score (nSPS) is 17.0. The molecule has 7 heteroatoms. The van der Waals surface area contributed by atoms with Crippen LogP contribution in [0, 0.1) is 11.7 Å². The molecule has 1 N–H and O–H groups in total. The standard InChI is InChI=1S/C17H16FN3O3/c18-13-3-1-11(2-4-13)7-12-5-6-21(10-12)16(22)14-8-20-15(9-19-14)17(23)24/h1-4,8-9,12H,5-7,10H2,(H,23,24). The Balaban J connectivity index is 1.61. The molecule has 24 heavy (non-hydrogen) atoms. The lowest BCUT2D eigenvalue weighted by Crippen LogP contribution is -2.30. The zero-order valence-corrected chi connectivity index (χ0v) is 12.9. The Morgan fingerprint density at radius 3 is 2.46 bits per heavy atom. The number of carbonyl (C=O) groups excluding carboxylic acids is 1. The van der Waals surface area contributed by atoms with E-state index < -0.39 is 5.97 Å². The first kappa shape index (κ1) is 16.0. The van der Waals surface area contributed by atoms with Gasteiger partial charge in [-0.1, -0.05) is 12.1 Å². The fourth-order valence-corrected chi connectivity index (χ4v) is 2.85. The minimum atomic E-state index is -1.18. The molecule has 3 rings (SSSR count). The lowest BCUT2D eigenvalue weighted by Gasteiger charge is -2.16. The number of hydrogen-bond donors (Lipinski definition) is 1. The van der Waals surface area contributed by atoms with Gasteiger partial charge in [0.25, 0.3) is 5.91 Å². The van der Waals surface area contributed by atoms with Gasteiger partial charge in [0.05, 0.1) is 12.4 Å². The number of halogens is 1. The minimum Gasteiger partial charge on any atom is -0.476 e. The van der Waals surface area contributed by atoms with Crippen molar-refractivity contribution in [2.45, 2.75) is 12.8 Å². The van der Waals surface area contributed by atoms with E-state index in [1.54, 1.807) is 17.0 Å². The highest BCUT2D eigenvalue weighted by Gasteiger charge is 2.28. The molecule has 1 fully saturated rings. The van der Waals surface area contributed by atoms with Crippen LogP contribution < -0.4 is 0 Å². The van der Waals surface area contributed by atoms with Crippen LogP contribution in [0.3, 0.4) is 0 Å². The predicted octanol–water partition coefficient (Wildman–Crippen LogP) is 2.02. The molecule has 1 aliphatic rings. The van der Waals surface area contributed by atoms with E-state index in [0.29, 0.717) is 19.0 Å². The number of amides is 1. The van der Waals surface area contributed by atoms with E-state index in [0.717, 1.165) is 24.6 Å². The molecule has 0 spiro atoms. The molecule has 1 atom stereocenters. The van der Waals surface area contributed by atoms with E-state index in [-0.39, 0.29) is 23.1 Å². The maximum Gasteiger partial charge on any atom is 0.356 e. The molecule has 2 heterocycles. The van der Waals surface area contributed by atoms with Crippen LogP contribution in [-0.4, -0.2) is 44.9 Å². The second kappa shape index (κ2) is 6.74. The molecule has 1 amide bonds. The molecule has 1 aliphatic heterocycles. The molecule has 2 aromatic rings. The van der Waals surface area contributed by atoms with Crippen LogP contribution in [0.25, 0.3) is 0 Å². The summed E-state index contributed by atoms with van der Waals surface area (Å²) in [6, 6.07) is 6.39. The Kier molecular flexibility index (Phi) is 4.50. The van der Waals surface area contributed by atoms with Gasteiger partial charge in [0.2, 0.25) is 0 Å². The minimum absolute atomic E-state index is 0.141. The number of aromatic nitrogens is 2. The summed E-state index contributed by atoms with van der Waals surface area (Å²) in [6.07, 6.45) is 3.93. The van der Waals surface area contributed by atoms with E-state index in [1.807, 2.05) is 0 Å². The second-order valence-electron chi connectivity index (χ2n) is 5.83. The van der Waals surface area contributed by atoms with Gasteiger partial charge in [-0.15, -0.1) is 0 Å². The maximum atomic E-state index is 12.9. The van der Waals surface area contributed by atoms with E-state index in [2.05, 4.69) is 9.97 Å². The molecular formula is C17H16FN3O3. The van der Waals surface area contributed by atoms with Gasteiger partial charge in [0.15, 0.2) is 5.69 Å². The molecule has 1 aromatic heterocycles. The zero-order chi connectivity index (χ0) is 17.1. The molecule has 1 aromatic carbocycles. The van der Waals surface area contributed by atoms with Gasteiger partial charge in [0.1, 0.15) is 11.5 Å². The lowest BCUT2D eigenvalue weighted by molar-refractivity contribution is 0.0687. The summed E-state index contributed by atoms with van der Waals surface area (Å²) >= 11 is 0. The molecule has 1 unspecified atom stereocenters. The fraction of sp³-hybridized carbons (Fsp3) is 0.294. The number of rotatable bonds is 4. The van der Waals surface area contributed by atoms with Gasteiger partial charge in [0, 0.05) is 13.1 Å². The van der Waals surface area contributed by atoms with E-state index >= 15 is 0 Å². The van der Waals surface area contributed by atoms with Gasteiger partial charge in [-0.3, -0.25) is 4.79 Å². The number of hydrogen-bond acceptors (Lipinski definition) is 4. The number of carboxylic acid groups (broad SMARTS) is 1. The van der Waals surface area contributed by atoms with E-state index in [9.17, 15) is 14.0 Å². The first-order valence-electron chi connectivity index (χ1n) is 7.62. The SMILES string of the molecule is O=C(O)c1cnc(C(=O)N2CCC(Cc3ccc(F)cc3)C2)cn1. The largest absolute Gasteiger partial charge is 0.476 e. The summed E-state index contributed by atoms with van der Waals surface area (Å²) in [5.41, 5.74) is 0.992. The Hall–Kier alpha value is -2.83. The molecule has 1 saturated heterocycles. The third-order valence-corrected chi connectivity index (χ3v) is 4.10. The highest BCUT2D eigenvalue weighted by atomic mass is 19.1. The lowest BCUT2D eigenvalue weighted by atomic mass is 9.99. The van der Waals surface area contributed by atoms with E-state index in [1.165, 1.54) is 18.3 Å². The van der Waals surface area contributed by atoms with Crippen molar-refractivity contribution in [1.29, 1.82) is 0 Å². The van der Waals surface area contributed by atoms with Crippen molar-refractivity contribution in [2.75, 3.05) is 13.1 Å². The monoisotopic (exact) mass is 329 g/mol. The van der Waals surface area contributed by atoms with Crippen molar-refractivity contribution >= 4 is 11.9 Å². The molecular weight excluding hydrogens is 313 g/mol. The molecule has 124 valence electrons. The quantitative estimate of drug-likeness (QED) is 0.928. The number of nitrogens with zero attached hydrogens (tertiary/aromatic N) is 3. The Morgan fingerprint density at radius 1 is 1.17 bits per heavy atom. The Bertz CT molecular complexity index is 747. The first-order chi connectivity index (χ1) is 11.5. The molecule has 6 nitrogen and oxygen atoms in total. The topological polar surface area (TPSA) is 83.4 Å². The van der Waals surface area contributed by atoms with Crippen LogP contribution in [-0.2, 0) is 6.42 Å². The number of aromatic carboxylic acids is 1. The van der Waals surface area contributed by atoms with Crippen LogP contribution in [0.2, 0.25) is 0 Å². The van der Waals surface area contributed by atoms with Gasteiger partial charge in [-0.25, -0.2) is 19.2 Å². The third kappa shape index (κ3) is 3.56. The summed E-state index contributed by atoms with van der Waals surface area (Å²) in [6.45, 7) is 1.21. The number of carboxylic acids is 1. The zero-order valence-electron chi connectivity index (χ0n) is 12.9. The average Bonchev–Trinajstić information content (AvgIpc) is 3.05. The van der Waals surface area contributed by atoms with Crippen molar-refractivity contribution in [2.24, 2.45) is 5.92 Å². The van der Waals surface area contributed by atoms with Gasteiger partial charge in [-0.2, -0.15) is 0 Å². The summed E-state index contributed by atoms with van der Waals surface area (Å²) in [4.78, 5) is 32.5. The highest BCUT2D eigenvalue weighted by molar-refractivity contribution is 5.93. The smallest absolute Gasteiger partial charge is 0.356 e. The molecule has 0 radical (unpaired) electrons. The fourth-order valence-electron chi connectivity index (χ4n) is 2.85. The average molecular weight is 329 g/mol. The summed E-state index contributed by atoms with van der Waals surface area (Å²) < 4.78 is 12.9. The highest BCUT2D eigenvalue weighted by Crippen LogP contribution is 2.22. The van der Waals surface area contributed by atoms with Crippen molar-refractivity contribution in [3.63, 3.8) is 0 Å². The predicted molar refractivity (Wildman–Crippen MR) is 83.1 cm³/mol. The molecule has 0 saturated carbocycles. The maximum absolute atomic E-state index is 12.9. The van der Waals surface area contributed by atoms with Crippen LogP contribution in [0.15, 0.2) is 36.7 Å². The van der Waals surface area contributed by atoms with Gasteiger partial charge >= 0.3 is 5.97 Å². The van der Waals surface area contributed by atoms with Crippen molar-refractivity contribution in [3.05, 3.63) is 59.4 Å². The number of likely N-dealkylation sites (tertiary alicyclic amines) is 1. The van der Waals surface area contributed by atoms with Crippen LogP contribution >= 0.6 is 0 Å². The molecule has 0 bridgehead atoms. The third-order valence-electron chi connectivity index (χ3n) is 4.10. The van der Waals surface area contributed by atoms with E-state index in [4.69, 9.17) is 5.11 Å². The summed E-state index contributed by atoms with van der Waals surface area (Å²) in [5, 5.41) is 8.80. The van der Waals surface area contributed by atoms with Crippen molar-refractivity contribution in [3.8, 4) is 0 Å². The number of benzene rings is 1. The van der Waals surface area contributed by atoms with Crippen molar-refractivity contribution in [1.82, 2.24) is 14.9 Å². The Morgan fingerprint density at radius 2 is 1.83 bits per heavy atom.